The Hall–Kier alpha value is -3.04. The lowest BCUT2D eigenvalue weighted by Crippen LogP contribution is -2.54. The Morgan fingerprint density at radius 2 is 1.86 bits per heavy atom. The Labute approximate surface area is 180 Å². The largest absolute Gasteiger partial charge is 0.481 e. The molecule has 9 heteroatoms. The van der Waals surface area contributed by atoms with Crippen molar-refractivity contribution < 1.29 is 23.9 Å². The maximum absolute atomic E-state index is 13.0. The number of carbonyl (C=O) groups is 3. The lowest BCUT2D eigenvalue weighted by atomic mass is 10.1. The molecule has 1 N–H and O–H groups in total. The summed E-state index contributed by atoms with van der Waals surface area (Å²) in [6.07, 6.45) is 1.40. The number of benzene rings is 2. The summed E-state index contributed by atoms with van der Waals surface area (Å²) in [5.41, 5.74) is 0.860. The molecule has 2 amide bonds. The molecule has 2 aromatic carbocycles. The predicted molar refractivity (Wildman–Crippen MR) is 114 cm³/mol. The van der Waals surface area contributed by atoms with Crippen LogP contribution in [0.5, 0.6) is 5.75 Å². The maximum Gasteiger partial charge on any atom is 0.343 e. The molecule has 0 unspecified atom stereocenters. The third-order valence-corrected chi connectivity index (χ3v) is 4.79. The Kier molecular flexibility index (Phi) is 6.40. The van der Waals surface area contributed by atoms with Gasteiger partial charge in [-0.2, -0.15) is 0 Å². The van der Waals surface area contributed by atoms with Crippen molar-refractivity contribution in [2.45, 2.75) is 0 Å². The number of rotatable bonds is 5. The van der Waals surface area contributed by atoms with E-state index < -0.39 is 17.8 Å². The van der Waals surface area contributed by atoms with Crippen molar-refractivity contribution in [3.05, 3.63) is 64.1 Å². The SMILES string of the molecule is COC(=O)COc1ccccc1C=C1C(=O)NC(=S)N(c2ccc(Br)cc2)C1=O. The van der Waals surface area contributed by atoms with E-state index in [2.05, 4.69) is 26.0 Å². The molecule has 1 aliphatic rings. The number of halogens is 1. The first-order valence-electron chi connectivity index (χ1n) is 8.36. The second-order valence-corrected chi connectivity index (χ2v) is 7.14. The molecule has 0 saturated carbocycles. The summed E-state index contributed by atoms with van der Waals surface area (Å²) in [6.45, 7) is -0.300. The zero-order valence-electron chi connectivity index (χ0n) is 15.2. The van der Waals surface area contributed by atoms with Gasteiger partial charge in [0.05, 0.1) is 12.8 Å². The van der Waals surface area contributed by atoms with Crippen LogP contribution < -0.4 is 15.0 Å². The van der Waals surface area contributed by atoms with Gasteiger partial charge >= 0.3 is 5.97 Å². The second kappa shape index (κ2) is 8.97. The molecule has 1 heterocycles. The van der Waals surface area contributed by atoms with Crippen LogP contribution in [-0.2, 0) is 19.1 Å². The quantitative estimate of drug-likeness (QED) is 0.310. The highest BCUT2D eigenvalue weighted by Crippen LogP contribution is 2.26. The van der Waals surface area contributed by atoms with Gasteiger partial charge in [-0.3, -0.25) is 19.8 Å². The van der Waals surface area contributed by atoms with Gasteiger partial charge in [0.2, 0.25) is 0 Å². The summed E-state index contributed by atoms with van der Waals surface area (Å²) in [4.78, 5) is 38.1. The van der Waals surface area contributed by atoms with E-state index in [4.69, 9.17) is 17.0 Å². The van der Waals surface area contributed by atoms with Crippen molar-refractivity contribution in [3.63, 3.8) is 0 Å². The highest BCUT2D eigenvalue weighted by molar-refractivity contribution is 9.10. The van der Waals surface area contributed by atoms with E-state index in [1.54, 1.807) is 48.5 Å². The number of nitrogens with one attached hydrogen (secondary N) is 1. The van der Waals surface area contributed by atoms with E-state index in [0.29, 0.717) is 17.0 Å². The number of carbonyl (C=O) groups excluding carboxylic acids is 3. The predicted octanol–water partition coefficient (Wildman–Crippen LogP) is 2.83. The van der Waals surface area contributed by atoms with Crippen molar-refractivity contribution in [2.24, 2.45) is 0 Å². The van der Waals surface area contributed by atoms with Crippen LogP contribution in [-0.4, -0.2) is 36.6 Å². The molecule has 0 bridgehead atoms. The van der Waals surface area contributed by atoms with E-state index in [-0.39, 0.29) is 17.3 Å². The van der Waals surface area contributed by atoms with Crippen LogP contribution in [0.2, 0.25) is 0 Å². The first-order chi connectivity index (χ1) is 13.9. The van der Waals surface area contributed by atoms with Crippen LogP contribution in [0.4, 0.5) is 5.69 Å². The highest BCUT2D eigenvalue weighted by atomic mass is 79.9. The molecule has 2 aromatic rings. The number of para-hydroxylation sites is 1. The number of thiocarbonyl (C=S) groups is 1. The van der Waals surface area contributed by atoms with Gasteiger partial charge in [0, 0.05) is 10.0 Å². The zero-order chi connectivity index (χ0) is 21.0. The summed E-state index contributed by atoms with van der Waals surface area (Å²) < 4.78 is 10.8. The van der Waals surface area contributed by atoms with Gasteiger partial charge in [0.25, 0.3) is 11.8 Å². The monoisotopic (exact) mass is 474 g/mol. The van der Waals surface area contributed by atoms with E-state index in [9.17, 15) is 14.4 Å². The fourth-order valence-corrected chi connectivity index (χ4v) is 3.11. The molecular weight excluding hydrogens is 460 g/mol. The molecule has 0 aliphatic carbocycles. The molecule has 0 aromatic heterocycles. The number of methoxy groups -OCH3 is 1. The summed E-state index contributed by atoms with van der Waals surface area (Å²) in [6, 6.07) is 13.7. The minimum atomic E-state index is -0.615. The summed E-state index contributed by atoms with van der Waals surface area (Å²) >= 11 is 8.52. The molecule has 0 atom stereocenters. The van der Waals surface area contributed by atoms with Crippen LogP contribution in [0.3, 0.4) is 0 Å². The first kappa shape index (κ1) is 20.7. The van der Waals surface area contributed by atoms with Gasteiger partial charge in [-0.1, -0.05) is 34.1 Å². The summed E-state index contributed by atoms with van der Waals surface area (Å²) in [5.74, 6) is -1.40. The first-order valence-corrected chi connectivity index (χ1v) is 9.56. The van der Waals surface area contributed by atoms with Crippen LogP contribution >= 0.6 is 28.1 Å². The smallest absolute Gasteiger partial charge is 0.343 e. The van der Waals surface area contributed by atoms with Crippen molar-refractivity contribution >= 4 is 62.8 Å². The van der Waals surface area contributed by atoms with Crippen LogP contribution in [0.25, 0.3) is 6.08 Å². The minimum Gasteiger partial charge on any atom is -0.481 e. The lowest BCUT2D eigenvalue weighted by Gasteiger charge is -2.29. The summed E-state index contributed by atoms with van der Waals surface area (Å²) in [7, 11) is 1.25. The van der Waals surface area contributed by atoms with Crippen molar-refractivity contribution in [1.82, 2.24) is 5.32 Å². The normalized spacial score (nSPS) is 15.3. The van der Waals surface area contributed by atoms with E-state index in [0.717, 1.165) is 4.47 Å². The number of hydrogen-bond acceptors (Lipinski definition) is 6. The van der Waals surface area contributed by atoms with Crippen LogP contribution in [0.1, 0.15) is 5.56 Å². The number of ether oxygens (including phenoxy) is 2. The molecule has 148 valence electrons. The molecule has 29 heavy (non-hydrogen) atoms. The fourth-order valence-electron chi connectivity index (χ4n) is 2.56. The topological polar surface area (TPSA) is 84.9 Å². The fraction of sp³-hybridized carbons (Fsp3) is 0.100. The molecule has 1 fully saturated rings. The minimum absolute atomic E-state index is 0.00491. The van der Waals surface area contributed by atoms with E-state index in [1.165, 1.54) is 18.1 Å². The Bertz CT molecular complexity index is 1020. The molecule has 1 aliphatic heterocycles. The average Bonchev–Trinajstić information content (AvgIpc) is 2.71. The van der Waals surface area contributed by atoms with Crippen molar-refractivity contribution in [1.29, 1.82) is 0 Å². The third kappa shape index (κ3) is 4.69. The van der Waals surface area contributed by atoms with Gasteiger partial charge in [-0.05, 0) is 48.6 Å². The average molecular weight is 475 g/mol. The lowest BCUT2D eigenvalue weighted by molar-refractivity contribution is -0.143. The standard InChI is InChI=1S/C20H15BrN2O5S/c1-27-17(24)11-28-16-5-3-2-4-12(16)10-15-18(25)22-20(29)23(19(15)26)14-8-6-13(21)7-9-14/h2-10H,11H2,1H3,(H,22,25,29). The van der Waals surface area contributed by atoms with Gasteiger partial charge < -0.3 is 9.47 Å². The molecule has 3 rings (SSSR count). The van der Waals surface area contributed by atoms with Gasteiger partial charge in [-0.25, -0.2) is 4.79 Å². The Balaban J connectivity index is 1.95. The van der Waals surface area contributed by atoms with Crippen LogP contribution in [0.15, 0.2) is 58.6 Å². The Morgan fingerprint density at radius 1 is 1.17 bits per heavy atom. The highest BCUT2D eigenvalue weighted by Gasteiger charge is 2.34. The maximum atomic E-state index is 13.0. The summed E-state index contributed by atoms with van der Waals surface area (Å²) in [5, 5.41) is 2.52. The molecule has 7 nitrogen and oxygen atoms in total. The van der Waals surface area contributed by atoms with Crippen molar-refractivity contribution in [3.8, 4) is 5.75 Å². The molecule has 0 radical (unpaired) electrons. The van der Waals surface area contributed by atoms with Gasteiger partial charge in [-0.15, -0.1) is 0 Å². The van der Waals surface area contributed by atoms with E-state index in [1.807, 2.05) is 0 Å². The number of esters is 1. The molecular formula is C20H15BrN2O5S. The molecule has 0 spiro atoms. The third-order valence-electron chi connectivity index (χ3n) is 3.98. The van der Waals surface area contributed by atoms with Crippen LogP contribution in [0, 0.1) is 0 Å². The number of nitrogens with zero attached hydrogens (tertiary/aromatic N) is 1. The van der Waals surface area contributed by atoms with Crippen molar-refractivity contribution in [2.75, 3.05) is 18.6 Å². The second-order valence-electron chi connectivity index (χ2n) is 5.84. The molecule has 1 saturated heterocycles. The number of anilines is 1. The number of amides is 2. The van der Waals surface area contributed by atoms with Gasteiger partial charge in [0.1, 0.15) is 11.3 Å². The van der Waals surface area contributed by atoms with Gasteiger partial charge in [0.15, 0.2) is 11.7 Å². The Morgan fingerprint density at radius 3 is 2.55 bits per heavy atom. The number of hydrogen-bond donors (Lipinski definition) is 1. The van der Waals surface area contributed by atoms with E-state index >= 15 is 0 Å². The zero-order valence-corrected chi connectivity index (χ0v) is 17.6.